The van der Waals surface area contributed by atoms with Crippen molar-refractivity contribution in [1.82, 2.24) is 0 Å². The lowest BCUT2D eigenvalue weighted by molar-refractivity contribution is 0.365. The second-order valence-electron chi connectivity index (χ2n) is 3.79. The first-order valence-electron chi connectivity index (χ1n) is 4.93. The largest absolute Gasteiger partial charge is 0.0980 e. The van der Waals surface area contributed by atoms with E-state index in [0.717, 1.165) is 17.9 Å². The van der Waals surface area contributed by atoms with E-state index in [9.17, 15) is 0 Å². The van der Waals surface area contributed by atoms with E-state index in [4.69, 9.17) is 0 Å². The molecular formula is C12H18. The molecular weight excluding hydrogens is 144 g/mol. The number of hydrogen-bond donors (Lipinski definition) is 0. The van der Waals surface area contributed by atoms with Gasteiger partial charge in [0.1, 0.15) is 0 Å². The third kappa shape index (κ3) is 3.62. The molecule has 0 radical (unpaired) electrons. The van der Waals surface area contributed by atoms with Gasteiger partial charge in [-0.2, -0.15) is 0 Å². The second kappa shape index (κ2) is 5.04. The van der Waals surface area contributed by atoms with Crippen LogP contribution in [0.4, 0.5) is 0 Å². The molecule has 1 fully saturated rings. The highest BCUT2D eigenvalue weighted by atomic mass is 14.2. The number of rotatable bonds is 1. The van der Waals surface area contributed by atoms with Crippen molar-refractivity contribution in [2.75, 3.05) is 0 Å². The normalized spacial score (nSPS) is 18.1. The van der Waals surface area contributed by atoms with E-state index in [1.807, 2.05) is 6.92 Å². The highest BCUT2D eigenvalue weighted by molar-refractivity contribution is 5.23. The molecule has 0 heterocycles. The van der Waals surface area contributed by atoms with Gasteiger partial charge in [0.15, 0.2) is 0 Å². The minimum absolute atomic E-state index is 0.880. The Morgan fingerprint density at radius 1 is 1.33 bits per heavy atom. The van der Waals surface area contributed by atoms with Crippen LogP contribution in [0.3, 0.4) is 0 Å². The van der Waals surface area contributed by atoms with Crippen LogP contribution in [-0.2, 0) is 0 Å². The molecule has 12 heavy (non-hydrogen) atoms. The van der Waals surface area contributed by atoms with E-state index < -0.39 is 0 Å². The molecule has 0 aliphatic heterocycles. The summed E-state index contributed by atoms with van der Waals surface area (Å²) in [6.07, 6.45) is 8.14. The molecule has 0 heteroatoms. The maximum atomic E-state index is 3.76. The molecule has 66 valence electrons. The average Bonchev–Trinajstić information content (AvgIpc) is 2.05. The molecule has 0 atom stereocenters. The second-order valence-corrected chi connectivity index (χ2v) is 3.79. The summed E-state index contributed by atoms with van der Waals surface area (Å²) in [7, 11) is 0. The van der Waals surface area contributed by atoms with E-state index >= 15 is 0 Å². The Kier molecular flexibility index (Phi) is 3.94. The molecule has 1 rings (SSSR count). The molecule has 0 N–H and O–H groups in total. The van der Waals surface area contributed by atoms with Crippen molar-refractivity contribution in [3.05, 3.63) is 12.2 Å². The summed E-state index contributed by atoms with van der Waals surface area (Å²) in [6.45, 7) is 5.73. The van der Waals surface area contributed by atoms with Crippen LogP contribution in [0, 0.1) is 17.8 Å². The molecule has 0 bridgehead atoms. The van der Waals surface area contributed by atoms with Gasteiger partial charge in [0.2, 0.25) is 0 Å². The van der Waals surface area contributed by atoms with Gasteiger partial charge >= 0.3 is 0 Å². The Morgan fingerprint density at radius 3 is 2.58 bits per heavy atom. The van der Waals surface area contributed by atoms with Crippen LogP contribution in [0.25, 0.3) is 0 Å². The predicted molar refractivity (Wildman–Crippen MR) is 53.8 cm³/mol. The van der Waals surface area contributed by atoms with Crippen LogP contribution < -0.4 is 0 Å². The summed E-state index contributed by atoms with van der Waals surface area (Å²) in [6, 6.07) is 0. The van der Waals surface area contributed by atoms with Crippen molar-refractivity contribution in [1.29, 1.82) is 0 Å². The highest BCUT2D eigenvalue weighted by Gasteiger charge is 2.11. The molecule has 0 unspecified atom stereocenters. The predicted octanol–water partition coefficient (Wildman–Crippen LogP) is 3.54. The van der Waals surface area contributed by atoms with Crippen molar-refractivity contribution >= 4 is 0 Å². The third-order valence-corrected chi connectivity index (χ3v) is 2.42. The fourth-order valence-electron chi connectivity index (χ4n) is 1.74. The van der Waals surface area contributed by atoms with E-state index in [2.05, 4.69) is 18.4 Å². The average molecular weight is 162 g/mol. The monoisotopic (exact) mass is 162 g/mol. The molecule has 0 aromatic rings. The molecule has 0 aromatic carbocycles. The summed E-state index contributed by atoms with van der Waals surface area (Å²) < 4.78 is 0. The molecule has 1 aliphatic rings. The Bertz CT molecular complexity index is 196. The van der Waals surface area contributed by atoms with Crippen LogP contribution in [0.5, 0.6) is 0 Å². The summed E-state index contributed by atoms with van der Waals surface area (Å²) in [4.78, 5) is 0. The van der Waals surface area contributed by atoms with E-state index in [-0.39, 0.29) is 0 Å². The fraction of sp³-hybridized carbons (Fsp3) is 0.667. The minimum atomic E-state index is 0.880. The molecule has 1 saturated carbocycles. The van der Waals surface area contributed by atoms with E-state index in [0.29, 0.717) is 0 Å². The smallest absolute Gasteiger partial charge is 0.0121 e. The van der Waals surface area contributed by atoms with E-state index in [1.165, 1.54) is 32.1 Å². The van der Waals surface area contributed by atoms with Crippen molar-refractivity contribution in [3.63, 3.8) is 0 Å². The van der Waals surface area contributed by atoms with Gasteiger partial charge in [-0.3, -0.25) is 0 Å². The molecule has 0 spiro atoms. The van der Waals surface area contributed by atoms with Crippen LogP contribution in [0.15, 0.2) is 12.2 Å². The highest BCUT2D eigenvalue weighted by Crippen LogP contribution is 2.25. The van der Waals surface area contributed by atoms with Gasteiger partial charge in [0.25, 0.3) is 0 Å². The van der Waals surface area contributed by atoms with Crippen LogP contribution >= 0.6 is 0 Å². The number of hydrogen-bond acceptors (Lipinski definition) is 0. The Labute approximate surface area is 76.1 Å². The van der Waals surface area contributed by atoms with E-state index in [1.54, 1.807) is 0 Å². The quantitative estimate of drug-likeness (QED) is 0.517. The Hall–Kier alpha value is -0.700. The topological polar surface area (TPSA) is 0 Å². The first-order chi connectivity index (χ1) is 5.79. The first-order valence-corrected chi connectivity index (χ1v) is 4.93. The lowest BCUT2D eigenvalue weighted by Gasteiger charge is -2.18. The number of allylic oxidation sites excluding steroid dienone is 1. The maximum absolute atomic E-state index is 3.76. The van der Waals surface area contributed by atoms with Crippen molar-refractivity contribution < 1.29 is 0 Å². The van der Waals surface area contributed by atoms with Crippen molar-refractivity contribution in [3.8, 4) is 11.8 Å². The summed E-state index contributed by atoms with van der Waals surface area (Å²) in [5.41, 5.74) is 0.991. The van der Waals surface area contributed by atoms with Gasteiger partial charge in [-0.05, 0) is 31.3 Å². The summed E-state index contributed by atoms with van der Waals surface area (Å²) in [5, 5.41) is 0. The minimum Gasteiger partial charge on any atom is -0.0980 e. The van der Waals surface area contributed by atoms with Crippen LogP contribution in [-0.4, -0.2) is 0 Å². The van der Waals surface area contributed by atoms with Gasteiger partial charge in [-0.15, -0.1) is 0 Å². The van der Waals surface area contributed by atoms with Crippen LogP contribution in [0.2, 0.25) is 0 Å². The lowest BCUT2D eigenvalue weighted by Crippen LogP contribution is -2.04. The Morgan fingerprint density at radius 2 is 2.00 bits per heavy atom. The first kappa shape index (κ1) is 9.39. The van der Waals surface area contributed by atoms with Gasteiger partial charge in [0.05, 0.1) is 0 Å². The molecule has 0 nitrogen and oxygen atoms in total. The fourth-order valence-corrected chi connectivity index (χ4v) is 1.74. The van der Waals surface area contributed by atoms with Crippen molar-refractivity contribution in [2.45, 2.75) is 45.4 Å². The lowest BCUT2D eigenvalue weighted by atomic mass is 9.87. The zero-order chi connectivity index (χ0) is 8.81. The van der Waals surface area contributed by atoms with Gasteiger partial charge in [-0.25, -0.2) is 0 Å². The molecule has 0 aromatic heterocycles. The van der Waals surface area contributed by atoms with Crippen LogP contribution in [0.1, 0.15) is 45.4 Å². The van der Waals surface area contributed by atoms with Crippen molar-refractivity contribution in [2.24, 2.45) is 5.92 Å². The van der Waals surface area contributed by atoms with Gasteiger partial charge in [0, 0.05) is 6.42 Å². The van der Waals surface area contributed by atoms with Gasteiger partial charge in [-0.1, -0.05) is 37.7 Å². The molecule has 1 aliphatic carbocycles. The zero-order valence-corrected chi connectivity index (χ0v) is 8.03. The maximum Gasteiger partial charge on any atom is 0.0121 e. The molecule has 0 saturated heterocycles. The SMILES string of the molecule is C=C(C)C#CCC1CCCCC1. The zero-order valence-electron chi connectivity index (χ0n) is 8.03. The summed E-state index contributed by atoms with van der Waals surface area (Å²) in [5.74, 6) is 7.13. The Balaban J connectivity index is 2.22. The van der Waals surface area contributed by atoms with Gasteiger partial charge < -0.3 is 0 Å². The summed E-state index contributed by atoms with van der Waals surface area (Å²) >= 11 is 0. The molecule has 0 amide bonds. The third-order valence-electron chi connectivity index (χ3n) is 2.42. The standard InChI is InChI=1S/C12H18/c1-11(2)7-6-10-12-8-4-3-5-9-12/h12H,1,3-5,8-10H2,2H3.